The van der Waals surface area contributed by atoms with Crippen LogP contribution in [0.4, 0.5) is 0 Å². The smallest absolute Gasteiger partial charge is 0.161 e. The van der Waals surface area contributed by atoms with Crippen molar-refractivity contribution in [3.63, 3.8) is 0 Å². The van der Waals surface area contributed by atoms with Crippen molar-refractivity contribution in [3.05, 3.63) is 23.8 Å². The monoisotopic (exact) mass is 209 g/mol. The first-order valence-corrected chi connectivity index (χ1v) is 5.13. The van der Waals surface area contributed by atoms with Crippen LogP contribution >= 0.6 is 0 Å². The van der Waals surface area contributed by atoms with Gasteiger partial charge in [-0.2, -0.15) is 0 Å². The highest BCUT2D eigenvalue weighted by molar-refractivity contribution is 5.42. The molecule has 3 nitrogen and oxygen atoms in total. The molecule has 0 radical (unpaired) electrons. The van der Waals surface area contributed by atoms with Gasteiger partial charge in [0.1, 0.15) is 5.60 Å². The van der Waals surface area contributed by atoms with E-state index in [1.54, 1.807) is 6.07 Å². The van der Waals surface area contributed by atoms with Crippen LogP contribution in [0.5, 0.6) is 11.5 Å². The Balaban J connectivity index is 2.90. The fourth-order valence-electron chi connectivity index (χ4n) is 1.29. The number of benzene rings is 1. The first-order valence-electron chi connectivity index (χ1n) is 5.13. The van der Waals surface area contributed by atoms with Gasteiger partial charge in [0.15, 0.2) is 11.5 Å². The Morgan fingerprint density at radius 3 is 2.53 bits per heavy atom. The number of aromatic hydroxyl groups is 1. The number of hydrogen-bond donors (Lipinski definition) is 2. The van der Waals surface area contributed by atoms with Crippen molar-refractivity contribution in [1.29, 1.82) is 0 Å². The van der Waals surface area contributed by atoms with E-state index in [9.17, 15) is 5.11 Å². The standard InChI is InChI=1S/C12H19NO2/c1-12(2,3)15-11-8-9(6-7-13)4-5-10(11)14/h4-5,8,14H,6-7,13H2,1-3H3. The third-order valence-corrected chi connectivity index (χ3v) is 1.87. The predicted octanol–water partition coefficient (Wildman–Crippen LogP) is 2.07. The van der Waals surface area contributed by atoms with E-state index in [0.29, 0.717) is 12.3 Å². The summed E-state index contributed by atoms with van der Waals surface area (Å²) in [7, 11) is 0. The van der Waals surface area contributed by atoms with Gasteiger partial charge in [-0.15, -0.1) is 0 Å². The SMILES string of the molecule is CC(C)(C)Oc1cc(CCN)ccc1O. The molecule has 0 heterocycles. The number of phenols is 1. The zero-order valence-electron chi connectivity index (χ0n) is 9.58. The molecule has 0 saturated carbocycles. The number of nitrogens with two attached hydrogens (primary N) is 1. The Hall–Kier alpha value is -1.22. The highest BCUT2D eigenvalue weighted by Gasteiger charge is 2.14. The number of phenolic OH excluding ortho intramolecular Hbond substituents is 1. The van der Waals surface area contributed by atoms with Crippen molar-refractivity contribution >= 4 is 0 Å². The number of rotatable bonds is 3. The van der Waals surface area contributed by atoms with Crippen molar-refractivity contribution < 1.29 is 9.84 Å². The molecular formula is C12H19NO2. The molecule has 3 N–H and O–H groups in total. The van der Waals surface area contributed by atoms with Crippen molar-refractivity contribution in [3.8, 4) is 11.5 Å². The molecule has 0 aliphatic rings. The van der Waals surface area contributed by atoms with E-state index in [4.69, 9.17) is 10.5 Å². The van der Waals surface area contributed by atoms with E-state index < -0.39 is 0 Å². The van der Waals surface area contributed by atoms with Crippen LogP contribution in [0.15, 0.2) is 18.2 Å². The molecule has 0 amide bonds. The van der Waals surface area contributed by atoms with Crippen LogP contribution in [0.1, 0.15) is 26.3 Å². The normalized spacial score (nSPS) is 11.5. The molecule has 15 heavy (non-hydrogen) atoms. The van der Waals surface area contributed by atoms with Crippen molar-refractivity contribution in [2.75, 3.05) is 6.54 Å². The van der Waals surface area contributed by atoms with E-state index >= 15 is 0 Å². The summed E-state index contributed by atoms with van der Waals surface area (Å²) in [6, 6.07) is 5.34. The van der Waals surface area contributed by atoms with Gasteiger partial charge in [0, 0.05) is 0 Å². The van der Waals surface area contributed by atoms with Gasteiger partial charge < -0.3 is 15.6 Å². The van der Waals surface area contributed by atoms with Gasteiger partial charge in [0.2, 0.25) is 0 Å². The van der Waals surface area contributed by atoms with Crippen molar-refractivity contribution in [2.45, 2.75) is 32.8 Å². The molecule has 0 fully saturated rings. The van der Waals surface area contributed by atoms with E-state index in [0.717, 1.165) is 12.0 Å². The largest absolute Gasteiger partial charge is 0.504 e. The summed E-state index contributed by atoms with van der Waals surface area (Å²) in [6.45, 7) is 6.44. The van der Waals surface area contributed by atoms with Gasteiger partial charge in [-0.3, -0.25) is 0 Å². The number of ether oxygens (including phenoxy) is 1. The summed E-state index contributed by atoms with van der Waals surface area (Å²) in [6.07, 6.45) is 0.792. The molecule has 1 rings (SSSR count). The molecule has 0 spiro atoms. The van der Waals surface area contributed by atoms with Crippen LogP contribution in [-0.4, -0.2) is 17.3 Å². The minimum absolute atomic E-state index is 0.172. The molecule has 1 aromatic carbocycles. The van der Waals surface area contributed by atoms with Gasteiger partial charge >= 0.3 is 0 Å². The van der Waals surface area contributed by atoms with E-state index in [-0.39, 0.29) is 11.4 Å². The average molecular weight is 209 g/mol. The third kappa shape index (κ3) is 3.80. The van der Waals surface area contributed by atoms with Crippen LogP contribution in [0.25, 0.3) is 0 Å². The maximum absolute atomic E-state index is 9.61. The highest BCUT2D eigenvalue weighted by atomic mass is 16.5. The average Bonchev–Trinajstić information content (AvgIpc) is 2.09. The second-order valence-electron chi connectivity index (χ2n) is 4.56. The Labute approximate surface area is 90.9 Å². The Morgan fingerprint density at radius 2 is 2.00 bits per heavy atom. The van der Waals surface area contributed by atoms with Gasteiger partial charge in [0.05, 0.1) is 0 Å². The lowest BCUT2D eigenvalue weighted by molar-refractivity contribution is 0.126. The Morgan fingerprint density at radius 1 is 1.33 bits per heavy atom. The van der Waals surface area contributed by atoms with E-state index in [2.05, 4.69) is 0 Å². The Bertz CT molecular complexity index is 329. The molecule has 0 unspecified atom stereocenters. The van der Waals surface area contributed by atoms with Gasteiger partial charge in [-0.1, -0.05) is 6.07 Å². The molecule has 0 aromatic heterocycles. The first kappa shape index (κ1) is 11.9. The van der Waals surface area contributed by atoms with Crippen LogP contribution in [0, 0.1) is 0 Å². The van der Waals surface area contributed by atoms with Crippen LogP contribution in [-0.2, 0) is 6.42 Å². The lowest BCUT2D eigenvalue weighted by Gasteiger charge is -2.22. The third-order valence-electron chi connectivity index (χ3n) is 1.87. The molecule has 0 saturated heterocycles. The molecular weight excluding hydrogens is 190 g/mol. The summed E-state index contributed by atoms with van der Waals surface area (Å²) in [5, 5.41) is 9.61. The molecule has 0 atom stereocenters. The maximum Gasteiger partial charge on any atom is 0.161 e. The highest BCUT2D eigenvalue weighted by Crippen LogP contribution is 2.30. The zero-order chi connectivity index (χ0) is 11.5. The first-order chi connectivity index (χ1) is 6.92. The summed E-state index contributed by atoms with van der Waals surface area (Å²) >= 11 is 0. The molecule has 0 aliphatic heterocycles. The van der Waals surface area contributed by atoms with Crippen LogP contribution in [0.2, 0.25) is 0 Å². The van der Waals surface area contributed by atoms with Crippen LogP contribution in [0.3, 0.4) is 0 Å². The second-order valence-corrected chi connectivity index (χ2v) is 4.56. The van der Waals surface area contributed by atoms with Gasteiger partial charge in [0.25, 0.3) is 0 Å². The zero-order valence-corrected chi connectivity index (χ0v) is 9.58. The van der Waals surface area contributed by atoms with E-state index in [1.807, 2.05) is 32.9 Å². The quantitative estimate of drug-likeness (QED) is 0.801. The molecule has 1 aromatic rings. The summed E-state index contributed by atoms with van der Waals surface area (Å²) < 4.78 is 5.63. The van der Waals surface area contributed by atoms with Crippen molar-refractivity contribution in [1.82, 2.24) is 0 Å². The Kier molecular flexibility index (Phi) is 3.58. The lowest BCUT2D eigenvalue weighted by Crippen LogP contribution is -2.23. The van der Waals surface area contributed by atoms with Gasteiger partial charge in [-0.05, 0) is 51.4 Å². The topological polar surface area (TPSA) is 55.5 Å². The minimum atomic E-state index is -0.307. The van der Waals surface area contributed by atoms with Crippen LogP contribution < -0.4 is 10.5 Å². The lowest BCUT2D eigenvalue weighted by atomic mass is 10.1. The minimum Gasteiger partial charge on any atom is -0.504 e. The molecule has 84 valence electrons. The second kappa shape index (κ2) is 4.53. The maximum atomic E-state index is 9.61. The molecule has 0 aliphatic carbocycles. The van der Waals surface area contributed by atoms with E-state index in [1.165, 1.54) is 0 Å². The fourth-order valence-corrected chi connectivity index (χ4v) is 1.29. The fraction of sp³-hybridized carbons (Fsp3) is 0.500. The summed E-state index contributed by atoms with van der Waals surface area (Å²) in [4.78, 5) is 0. The predicted molar refractivity (Wildman–Crippen MR) is 61.2 cm³/mol. The summed E-state index contributed by atoms with van der Waals surface area (Å²) in [5.41, 5.74) is 6.24. The van der Waals surface area contributed by atoms with Crippen molar-refractivity contribution in [2.24, 2.45) is 5.73 Å². The molecule has 3 heteroatoms. The number of hydrogen-bond acceptors (Lipinski definition) is 3. The molecule has 0 bridgehead atoms. The summed E-state index contributed by atoms with van der Waals surface area (Å²) in [5.74, 6) is 0.694. The van der Waals surface area contributed by atoms with Gasteiger partial charge in [-0.25, -0.2) is 0 Å².